The Morgan fingerprint density at radius 2 is 1.59 bits per heavy atom. The molecule has 1 aliphatic rings. The zero-order valence-electron chi connectivity index (χ0n) is 22.4. The third-order valence-corrected chi connectivity index (χ3v) is 18.6. The van der Waals surface area contributed by atoms with Crippen LogP contribution in [-0.4, -0.2) is 45.4 Å². The molecule has 7 heteroatoms. The van der Waals surface area contributed by atoms with Crippen molar-refractivity contribution < 1.29 is 13.6 Å². The zero-order chi connectivity index (χ0) is 24.3. The Balaban J connectivity index is 2.25. The molecule has 184 valence electrons. The largest absolute Gasteiger partial charge is 0.474 e. The molecule has 1 fully saturated rings. The van der Waals surface area contributed by atoms with Gasteiger partial charge in [0.1, 0.15) is 12.4 Å². The number of hydrogen-bond acceptors (Lipinski definition) is 5. The van der Waals surface area contributed by atoms with E-state index in [0.29, 0.717) is 28.4 Å². The molecule has 0 amide bonds. The summed E-state index contributed by atoms with van der Waals surface area (Å²) in [5.41, 5.74) is 1.68. The van der Waals surface area contributed by atoms with Crippen LogP contribution in [0.15, 0.2) is 18.6 Å². The number of rotatable bonds is 10. The maximum atomic E-state index is 7.28. The molecule has 32 heavy (non-hydrogen) atoms. The van der Waals surface area contributed by atoms with Crippen LogP contribution in [-0.2, 0) is 8.85 Å². The van der Waals surface area contributed by atoms with Crippen molar-refractivity contribution in [1.82, 2.24) is 9.97 Å². The summed E-state index contributed by atoms with van der Waals surface area (Å²) in [6.07, 6.45) is 5.40. The summed E-state index contributed by atoms with van der Waals surface area (Å²) >= 11 is 0. The molecule has 0 radical (unpaired) electrons. The molecule has 0 unspecified atom stereocenters. The van der Waals surface area contributed by atoms with Gasteiger partial charge in [0.25, 0.3) is 0 Å². The Hall–Kier alpha value is -0.766. The van der Waals surface area contributed by atoms with E-state index in [2.05, 4.69) is 85.4 Å². The molecule has 3 atom stereocenters. The minimum Gasteiger partial charge on any atom is -0.474 e. The number of nitrogens with zero attached hydrogens (tertiary/aromatic N) is 2. The van der Waals surface area contributed by atoms with Gasteiger partial charge in [0.15, 0.2) is 8.32 Å². The predicted octanol–water partition coefficient (Wildman–Crippen LogP) is 7.22. The molecule has 1 heterocycles. The SMILES string of the molecule is CC(C)[Si](O[C@H]1C[C@H](Oc2ccncn2)C[C@@H]1CO[Si](C)(C)C(C)(C)C)(C(C)C)C(C)C. The smallest absolute Gasteiger partial charge is 0.216 e. The Morgan fingerprint density at radius 1 is 1.00 bits per heavy atom. The lowest BCUT2D eigenvalue weighted by Crippen LogP contribution is -2.51. The Kier molecular flexibility index (Phi) is 9.15. The molecule has 1 aliphatic carbocycles. The molecule has 1 saturated carbocycles. The molecular formula is C25H48N2O3Si2. The molecule has 0 aromatic carbocycles. The third kappa shape index (κ3) is 6.21. The summed E-state index contributed by atoms with van der Waals surface area (Å²) in [4.78, 5) is 8.29. The second-order valence-corrected chi connectivity index (χ2v) is 22.3. The normalized spacial score (nSPS) is 22.9. The van der Waals surface area contributed by atoms with Gasteiger partial charge in [-0.3, -0.25) is 0 Å². The van der Waals surface area contributed by atoms with Crippen molar-refractivity contribution in [3.8, 4) is 5.88 Å². The van der Waals surface area contributed by atoms with Crippen molar-refractivity contribution in [2.75, 3.05) is 6.61 Å². The summed E-state index contributed by atoms with van der Waals surface area (Å²) < 4.78 is 20.2. The van der Waals surface area contributed by atoms with Crippen LogP contribution in [0.4, 0.5) is 0 Å². The fourth-order valence-electron chi connectivity index (χ4n) is 5.17. The molecule has 1 aromatic heterocycles. The van der Waals surface area contributed by atoms with Crippen LogP contribution in [0.5, 0.6) is 5.88 Å². The van der Waals surface area contributed by atoms with Crippen molar-refractivity contribution >= 4 is 16.6 Å². The van der Waals surface area contributed by atoms with E-state index in [0.717, 1.165) is 19.4 Å². The molecule has 2 rings (SSSR count). The van der Waals surface area contributed by atoms with Crippen LogP contribution in [0.3, 0.4) is 0 Å². The Bertz CT molecular complexity index is 683. The summed E-state index contributed by atoms with van der Waals surface area (Å²) in [6, 6.07) is 1.84. The second kappa shape index (κ2) is 10.7. The van der Waals surface area contributed by atoms with E-state index >= 15 is 0 Å². The minimum atomic E-state index is -1.99. The van der Waals surface area contributed by atoms with Crippen molar-refractivity contribution in [1.29, 1.82) is 0 Å². The molecule has 0 saturated heterocycles. The van der Waals surface area contributed by atoms with Gasteiger partial charge in [-0.1, -0.05) is 62.3 Å². The molecule has 0 aliphatic heterocycles. The average molecular weight is 481 g/mol. The predicted molar refractivity (Wildman–Crippen MR) is 138 cm³/mol. The lowest BCUT2D eigenvalue weighted by Gasteiger charge is -2.45. The maximum Gasteiger partial charge on any atom is 0.216 e. The first-order valence-electron chi connectivity index (χ1n) is 12.4. The van der Waals surface area contributed by atoms with Gasteiger partial charge in [0.2, 0.25) is 14.2 Å². The highest BCUT2D eigenvalue weighted by molar-refractivity contribution is 6.77. The van der Waals surface area contributed by atoms with Crippen LogP contribution in [0, 0.1) is 5.92 Å². The van der Waals surface area contributed by atoms with E-state index in [1.54, 1.807) is 12.5 Å². The van der Waals surface area contributed by atoms with Gasteiger partial charge in [0.05, 0.1) is 6.10 Å². The molecular weight excluding hydrogens is 432 g/mol. The molecule has 0 spiro atoms. The standard InChI is InChI=1S/C25H48N2O3Si2/c1-18(2)32(19(3)4,20(5)6)30-23-15-22(29-24-12-13-26-17-27-24)14-21(23)16-28-31(10,11)25(7,8)9/h12-13,17-23H,14-16H2,1-11H3/t21-,22-,23+/m1/s1. The fraction of sp³-hybridized carbons (Fsp3) is 0.840. The van der Waals surface area contributed by atoms with Gasteiger partial charge in [-0.05, 0) is 41.2 Å². The Morgan fingerprint density at radius 3 is 2.06 bits per heavy atom. The van der Waals surface area contributed by atoms with E-state index in [4.69, 9.17) is 13.6 Å². The van der Waals surface area contributed by atoms with Gasteiger partial charge < -0.3 is 13.6 Å². The van der Waals surface area contributed by atoms with Crippen LogP contribution in [0.25, 0.3) is 0 Å². The fourth-order valence-corrected chi connectivity index (χ4v) is 11.9. The molecule has 5 nitrogen and oxygen atoms in total. The topological polar surface area (TPSA) is 53.5 Å². The lowest BCUT2D eigenvalue weighted by molar-refractivity contribution is 0.0958. The second-order valence-electron chi connectivity index (χ2n) is 12.1. The van der Waals surface area contributed by atoms with Crippen molar-refractivity contribution in [3.05, 3.63) is 18.6 Å². The van der Waals surface area contributed by atoms with E-state index in [9.17, 15) is 0 Å². The highest BCUT2D eigenvalue weighted by atomic mass is 28.4. The summed E-state index contributed by atoms with van der Waals surface area (Å²) in [6.45, 7) is 26.5. The van der Waals surface area contributed by atoms with E-state index in [-0.39, 0.29) is 17.2 Å². The van der Waals surface area contributed by atoms with E-state index in [1.165, 1.54) is 0 Å². The van der Waals surface area contributed by atoms with Gasteiger partial charge in [-0.25, -0.2) is 9.97 Å². The van der Waals surface area contributed by atoms with Crippen molar-refractivity contribution in [3.63, 3.8) is 0 Å². The van der Waals surface area contributed by atoms with Gasteiger partial charge in [-0.15, -0.1) is 0 Å². The van der Waals surface area contributed by atoms with Gasteiger partial charge >= 0.3 is 0 Å². The summed E-state index contributed by atoms with van der Waals surface area (Å²) in [7, 11) is -3.82. The lowest BCUT2D eigenvalue weighted by atomic mass is 10.1. The minimum absolute atomic E-state index is 0.0982. The van der Waals surface area contributed by atoms with Crippen LogP contribution in [0.1, 0.15) is 75.2 Å². The molecule has 0 bridgehead atoms. The monoisotopic (exact) mass is 480 g/mol. The van der Waals surface area contributed by atoms with E-state index in [1.807, 2.05) is 6.07 Å². The summed E-state index contributed by atoms with van der Waals surface area (Å²) in [5.74, 6) is 0.994. The zero-order valence-corrected chi connectivity index (χ0v) is 24.4. The van der Waals surface area contributed by atoms with Crippen molar-refractivity contribution in [2.24, 2.45) is 5.92 Å². The Labute approximate surface area is 199 Å². The van der Waals surface area contributed by atoms with Gasteiger partial charge in [0, 0.05) is 31.2 Å². The first kappa shape index (κ1) is 27.5. The van der Waals surface area contributed by atoms with Crippen molar-refractivity contribution in [2.45, 2.75) is 122 Å². The number of aromatic nitrogens is 2. The number of ether oxygens (including phenoxy) is 1. The molecule has 1 aromatic rings. The maximum absolute atomic E-state index is 7.28. The average Bonchev–Trinajstić information content (AvgIpc) is 3.04. The molecule has 0 N–H and O–H groups in total. The third-order valence-electron chi connectivity index (χ3n) is 7.96. The highest BCUT2D eigenvalue weighted by Gasteiger charge is 2.50. The van der Waals surface area contributed by atoms with Crippen LogP contribution >= 0.6 is 0 Å². The highest BCUT2D eigenvalue weighted by Crippen LogP contribution is 2.46. The summed E-state index contributed by atoms with van der Waals surface area (Å²) in [5, 5.41) is 0.200. The van der Waals surface area contributed by atoms with Crippen LogP contribution < -0.4 is 4.74 Å². The van der Waals surface area contributed by atoms with Gasteiger partial charge in [-0.2, -0.15) is 0 Å². The number of hydrogen-bond donors (Lipinski definition) is 0. The quantitative estimate of drug-likeness (QED) is 0.331. The first-order valence-corrected chi connectivity index (χ1v) is 17.5. The first-order chi connectivity index (χ1) is 14.7. The van der Waals surface area contributed by atoms with Crippen LogP contribution in [0.2, 0.25) is 34.8 Å². The van der Waals surface area contributed by atoms with E-state index < -0.39 is 16.6 Å².